The third-order valence-electron chi connectivity index (χ3n) is 2.96. The Bertz CT molecular complexity index is 390. The average molecular weight is 282 g/mol. The van der Waals surface area contributed by atoms with Gasteiger partial charge in [-0.3, -0.25) is 9.48 Å². The molecule has 1 rings (SSSR count). The minimum atomic E-state index is 0.143. The number of nitrogens with zero attached hydrogens (tertiary/aromatic N) is 3. The van der Waals surface area contributed by atoms with Crippen LogP contribution in [0.3, 0.4) is 0 Å². The zero-order valence-corrected chi connectivity index (χ0v) is 12.8. The molecule has 6 heteroatoms. The first-order chi connectivity index (χ1) is 9.61. The van der Waals surface area contributed by atoms with Crippen molar-refractivity contribution in [2.24, 2.45) is 5.92 Å². The van der Waals surface area contributed by atoms with Crippen molar-refractivity contribution in [3.63, 3.8) is 0 Å². The molecule has 0 spiro atoms. The van der Waals surface area contributed by atoms with Gasteiger partial charge in [0.15, 0.2) is 0 Å². The van der Waals surface area contributed by atoms with E-state index in [0.29, 0.717) is 18.9 Å². The fraction of sp³-hybridized carbons (Fsp3) is 0.786. The lowest BCUT2D eigenvalue weighted by Crippen LogP contribution is -2.24. The number of methoxy groups -OCH3 is 1. The summed E-state index contributed by atoms with van der Waals surface area (Å²) in [7, 11) is 1.64. The van der Waals surface area contributed by atoms with E-state index in [9.17, 15) is 4.79 Å². The monoisotopic (exact) mass is 282 g/mol. The minimum Gasteiger partial charge on any atom is -0.378 e. The number of hydrogen-bond donors (Lipinski definition) is 1. The number of aromatic nitrogens is 3. The summed E-state index contributed by atoms with van der Waals surface area (Å²) in [5.74, 6) is 0.772. The summed E-state index contributed by atoms with van der Waals surface area (Å²) in [5.41, 5.74) is 0.832. The maximum absolute atomic E-state index is 11.6. The van der Waals surface area contributed by atoms with Crippen molar-refractivity contribution in [1.29, 1.82) is 0 Å². The van der Waals surface area contributed by atoms with Gasteiger partial charge in [0, 0.05) is 26.6 Å². The van der Waals surface area contributed by atoms with Crippen molar-refractivity contribution in [2.75, 3.05) is 13.7 Å². The maximum atomic E-state index is 11.6. The number of unbranched alkanes of at least 4 members (excludes halogenated alkanes) is 1. The van der Waals surface area contributed by atoms with Crippen LogP contribution in [-0.4, -0.2) is 34.6 Å². The molecule has 1 heterocycles. The van der Waals surface area contributed by atoms with Crippen LogP contribution in [0.15, 0.2) is 6.20 Å². The SMILES string of the molecule is COCc1cn(CCCCC(=O)NCCC(C)C)nn1. The van der Waals surface area contributed by atoms with Crippen LogP contribution in [0.5, 0.6) is 0 Å². The van der Waals surface area contributed by atoms with Crippen molar-refractivity contribution in [3.8, 4) is 0 Å². The number of carbonyl (C=O) groups excluding carboxylic acids is 1. The van der Waals surface area contributed by atoms with Crippen molar-refractivity contribution in [1.82, 2.24) is 20.3 Å². The van der Waals surface area contributed by atoms with Crippen molar-refractivity contribution in [2.45, 2.75) is 52.7 Å². The summed E-state index contributed by atoms with van der Waals surface area (Å²) in [6, 6.07) is 0. The molecule has 0 fully saturated rings. The molecule has 0 aromatic carbocycles. The summed E-state index contributed by atoms with van der Waals surface area (Å²) in [6.45, 7) is 6.36. The topological polar surface area (TPSA) is 69.0 Å². The Morgan fingerprint density at radius 1 is 1.45 bits per heavy atom. The van der Waals surface area contributed by atoms with Crippen LogP contribution in [0.4, 0.5) is 0 Å². The molecular formula is C14H26N4O2. The number of aryl methyl sites for hydroxylation is 1. The molecule has 0 radical (unpaired) electrons. The Labute approximate surface area is 120 Å². The standard InChI is InChI=1S/C14H26N4O2/c1-12(2)7-8-15-14(19)6-4-5-9-18-10-13(11-20-3)16-17-18/h10,12H,4-9,11H2,1-3H3,(H,15,19). The highest BCUT2D eigenvalue weighted by atomic mass is 16.5. The molecule has 1 N–H and O–H groups in total. The van der Waals surface area contributed by atoms with Gasteiger partial charge in [0.2, 0.25) is 5.91 Å². The van der Waals surface area contributed by atoms with E-state index >= 15 is 0 Å². The van der Waals surface area contributed by atoms with Gasteiger partial charge in [0.25, 0.3) is 0 Å². The first kappa shape index (κ1) is 16.6. The Kier molecular flexibility index (Phi) is 7.87. The predicted molar refractivity (Wildman–Crippen MR) is 77.1 cm³/mol. The molecule has 114 valence electrons. The molecule has 0 saturated heterocycles. The number of amides is 1. The molecule has 0 aliphatic heterocycles. The van der Waals surface area contributed by atoms with E-state index in [1.165, 1.54) is 0 Å². The van der Waals surface area contributed by atoms with E-state index in [4.69, 9.17) is 4.74 Å². The van der Waals surface area contributed by atoms with E-state index in [1.54, 1.807) is 11.8 Å². The molecule has 0 saturated carbocycles. The second kappa shape index (κ2) is 9.47. The van der Waals surface area contributed by atoms with E-state index in [-0.39, 0.29) is 5.91 Å². The fourth-order valence-corrected chi connectivity index (χ4v) is 1.81. The number of hydrogen-bond acceptors (Lipinski definition) is 4. The van der Waals surface area contributed by atoms with Gasteiger partial charge in [-0.1, -0.05) is 19.1 Å². The molecule has 6 nitrogen and oxygen atoms in total. The molecule has 20 heavy (non-hydrogen) atoms. The van der Waals surface area contributed by atoms with Crippen LogP contribution < -0.4 is 5.32 Å². The minimum absolute atomic E-state index is 0.143. The normalized spacial score (nSPS) is 11.0. The number of nitrogens with one attached hydrogen (secondary N) is 1. The molecule has 0 atom stereocenters. The quantitative estimate of drug-likeness (QED) is 0.664. The Hall–Kier alpha value is -1.43. The van der Waals surface area contributed by atoms with Crippen LogP contribution in [0.1, 0.15) is 45.2 Å². The number of rotatable bonds is 10. The Balaban J connectivity index is 2.07. The first-order valence-corrected chi connectivity index (χ1v) is 7.26. The van der Waals surface area contributed by atoms with Crippen molar-refractivity contribution in [3.05, 3.63) is 11.9 Å². The molecule has 0 aliphatic rings. The van der Waals surface area contributed by atoms with Crippen LogP contribution in [-0.2, 0) is 22.7 Å². The zero-order valence-electron chi connectivity index (χ0n) is 12.8. The maximum Gasteiger partial charge on any atom is 0.219 e. The van der Waals surface area contributed by atoms with Gasteiger partial charge in [0.1, 0.15) is 5.69 Å². The summed E-state index contributed by atoms with van der Waals surface area (Å²) >= 11 is 0. The molecule has 1 aromatic rings. The molecular weight excluding hydrogens is 256 g/mol. The number of carbonyl (C=O) groups is 1. The van der Waals surface area contributed by atoms with Gasteiger partial charge >= 0.3 is 0 Å². The average Bonchev–Trinajstić information content (AvgIpc) is 2.82. The largest absolute Gasteiger partial charge is 0.378 e. The Morgan fingerprint density at radius 3 is 2.95 bits per heavy atom. The summed E-state index contributed by atoms with van der Waals surface area (Å²) < 4.78 is 6.78. The van der Waals surface area contributed by atoms with E-state index in [2.05, 4.69) is 29.5 Å². The van der Waals surface area contributed by atoms with E-state index in [1.807, 2.05) is 6.20 Å². The van der Waals surface area contributed by atoms with E-state index < -0.39 is 0 Å². The summed E-state index contributed by atoms with van der Waals surface area (Å²) in [6.07, 6.45) is 5.29. The lowest BCUT2D eigenvalue weighted by Gasteiger charge is -2.07. The molecule has 0 bridgehead atoms. The summed E-state index contributed by atoms with van der Waals surface area (Å²) in [4.78, 5) is 11.6. The molecule has 0 aliphatic carbocycles. The first-order valence-electron chi connectivity index (χ1n) is 7.26. The predicted octanol–water partition coefficient (Wildman–Crippen LogP) is 1.76. The third-order valence-corrected chi connectivity index (χ3v) is 2.96. The van der Waals surface area contributed by atoms with Crippen LogP contribution >= 0.6 is 0 Å². The summed E-state index contributed by atoms with van der Waals surface area (Å²) in [5, 5.41) is 10.9. The van der Waals surface area contributed by atoms with Gasteiger partial charge in [-0.05, 0) is 25.2 Å². The Morgan fingerprint density at radius 2 is 2.25 bits per heavy atom. The van der Waals surface area contributed by atoms with Crippen LogP contribution in [0.2, 0.25) is 0 Å². The van der Waals surface area contributed by atoms with Crippen LogP contribution in [0.25, 0.3) is 0 Å². The second-order valence-electron chi connectivity index (χ2n) is 5.40. The van der Waals surface area contributed by atoms with Gasteiger partial charge in [0.05, 0.1) is 12.8 Å². The van der Waals surface area contributed by atoms with Gasteiger partial charge in [-0.2, -0.15) is 0 Å². The molecule has 0 unspecified atom stereocenters. The fourth-order valence-electron chi connectivity index (χ4n) is 1.81. The van der Waals surface area contributed by atoms with E-state index in [0.717, 1.165) is 38.0 Å². The van der Waals surface area contributed by atoms with Gasteiger partial charge in [-0.15, -0.1) is 5.10 Å². The lowest BCUT2D eigenvalue weighted by molar-refractivity contribution is -0.121. The highest BCUT2D eigenvalue weighted by Gasteiger charge is 2.03. The highest BCUT2D eigenvalue weighted by molar-refractivity contribution is 5.75. The smallest absolute Gasteiger partial charge is 0.219 e. The van der Waals surface area contributed by atoms with Gasteiger partial charge < -0.3 is 10.1 Å². The van der Waals surface area contributed by atoms with Crippen molar-refractivity contribution >= 4 is 5.91 Å². The molecule has 1 aromatic heterocycles. The third kappa shape index (κ3) is 7.23. The second-order valence-corrected chi connectivity index (χ2v) is 5.40. The van der Waals surface area contributed by atoms with Crippen molar-refractivity contribution < 1.29 is 9.53 Å². The van der Waals surface area contributed by atoms with Gasteiger partial charge in [-0.25, -0.2) is 0 Å². The zero-order chi connectivity index (χ0) is 14.8. The lowest BCUT2D eigenvalue weighted by atomic mass is 10.1. The molecule has 1 amide bonds. The van der Waals surface area contributed by atoms with Crippen LogP contribution in [0, 0.1) is 5.92 Å². The number of ether oxygens (including phenoxy) is 1. The highest BCUT2D eigenvalue weighted by Crippen LogP contribution is 2.01.